The smallest absolute Gasteiger partial charge is 0.474 e. The lowest BCUT2D eigenvalue weighted by atomic mass is 9.76. The molecule has 0 bridgehead atoms. The minimum Gasteiger partial charge on any atom is -0.474 e. The first-order chi connectivity index (χ1) is 13.7. The summed E-state index contributed by atoms with van der Waals surface area (Å²) < 4.78 is 43.4. The maximum absolute atomic E-state index is 12.6. The van der Waals surface area contributed by atoms with E-state index in [4.69, 9.17) is 4.74 Å². The van der Waals surface area contributed by atoms with Gasteiger partial charge in [0.15, 0.2) is 0 Å². The summed E-state index contributed by atoms with van der Waals surface area (Å²) in [6, 6.07) is 8.75. The average Bonchev–Trinajstić information content (AvgIpc) is 2.68. The molecule has 2 N–H and O–H groups in total. The summed E-state index contributed by atoms with van der Waals surface area (Å²) in [6.45, 7) is 0.877. The molecule has 0 unspecified atom stereocenters. The number of amides is 1. The van der Waals surface area contributed by atoms with E-state index in [1.54, 1.807) is 29.2 Å². The van der Waals surface area contributed by atoms with E-state index in [1.807, 2.05) is 0 Å². The van der Waals surface area contributed by atoms with Crippen molar-refractivity contribution in [2.75, 3.05) is 13.1 Å². The number of carbonyl (C=O) groups is 1. The molecule has 3 rings (SSSR count). The number of alkyl halides is 3. The average molecular weight is 408 g/mol. The highest BCUT2D eigenvalue weighted by Crippen LogP contribution is 2.29. The van der Waals surface area contributed by atoms with Gasteiger partial charge in [0.2, 0.25) is 11.8 Å². The topological polar surface area (TPSA) is 82.9 Å². The number of halogens is 3. The molecule has 29 heavy (non-hydrogen) atoms. The number of nitrogens with zero attached hydrogens (tertiary/aromatic N) is 2. The van der Waals surface area contributed by atoms with Crippen LogP contribution in [0.2, 0.25) is 0 Å². The Hall–Kier alpha value is -2.59. The van der Waals surface area contributed by atoms with E-state index in [9.17, 15) is 28.0 Å². The van der Waals surface area contributed by atoms with Crippen molar-refractivity contribution >= 4 is 18.5 Å². The molecule has 1 aliphatic rings. The van der Waals surface area contributed by atoms with E-state index in [0.717, 1.165) is 12.3 Å². The van der Waals surface area contributed by atoms with Crippen molar-refractivity contribution in [3.05, 3.63) is 53.7 Å². The van der Waals surface area contributed by atoms with Gasteiger partial charge in [-0.05, 0) is 17.1 Å². The number of ether oxygens (including phenoxy) is 1. The Morgan fingerprint density at radius 2 is 1.86 bits per heavy atom. The van der Waals surface area contributed by atoms with Crippen molar-refractivity contribution in [2.45, 2.75) is 31.5 Å². The van der Waals surface area contributed by atoms with Crippen molar-refractivity contribution in [3.8, 4) is 5.88 Å². The van der Waals surface area contributed by atoms with Crippen molar-refractivity contribution in [2.24, 2.45) is 0 Å². The number of hydrogen-bond donors (Lipinski definition) is 2. The molecule has 0 spiro atoms. The molecule has 0 atom stereocenters. The van der Waals surface area contributed by atoms with Gasteiger partial charge in [-0.2, -0.15) is 13.2 Å². The zero-order valence-corrected chi connectivity index (χ0v) is 15.5. The van der Waals surface area contributed by atoms with E-state index in [1.165, 1.54) is 6.07 Å². The van der Waals surface area contributed by atoms with Crippen LogP contribution in [-0.2, 0) is 17.4 Å². The number of pyridine rings is 1. The second-order valence-electron chi connectivity index (χ2n) is 6.83. The molecule has 0 saturated carbocycles. The molecule has 1 saturated heterocycles. The Labute approximate surface area is 166 Å². The SMILES string of the molecule is O=C(Cc1ccccc1B(O)O)N1CCC(Oc2ccc(C(F)(F)F)cn2)CC1. The van der Waals surface area contributed by atoms with E-state index < -0.39 is 18.9 Å². The Kier molecular flexibility index (Phi) is 6.44. The minimum absolute atomic E-state index is 0.0553. The molecule has 1 aliphatic heterocycles. The van der Waals surface area contributed by atoms with E-state index in [0.29, 0.717) is 37.0 Å². The van der Waals surface area contributed by atoms with Gasteiger partial charge in [0, 0.05) is 38.2 Å². The van der Waals surface area contributed by atoms with E-state index in [2.05, 4.69) is 4.98 Å². The molecule has 1 aromatic heterocycles. The van der Waals surface area contributed by atoms with Crippen LogP contribution in [0.5, 0.6) is 5.88 Å². The second kappa shape index (κ2) is 8.83. The maximum atomic E-state index is 12.6. The van der Waals surface area contributed by atoms with Gasteiger partial charge in [0.1, 0.15) is 6.10 Å². The third kappa shape index (κ3) is 5.48. The van der Waals surface area contributed by atoms with Gasteiger partial charge in [-0.25, -0.2) is 4.98 Å². The van der Waals surface area contributed by atoms with Gasteiger partial charge in [0.05, 0.1) is 12.0 Å². The third-order valence-corrected chi connectivity index (χ3v) is 4.82. The molecule has 6 nitrogen and oxygen atoms in total. The van der Waals surface area contributed by atoms with E-state index in [-0.39, 0.29) is 24.3 Å². The summed E-state index contributed by atoms with van der Waals surface area (Å²) in [5.41, 5.74) is 0.0193. The molecule has 1 aromatic carbocycles. The molecule has 1 fully saturated rings. The maximum Gasteiger partial charge on any atom is 0.488 e. The van der Waals surface area contributed by atoms with Gasteiger partial charge < -0.3 is 19.7 Å². The lowest BCUT2D eigenvalue weighted by Gasteiger charge is -2.32. The monoisotopic (exact) mass is 408 g/mol. The first-order valence-corrected chi connectivity index (χ1v) is 9.15. The fourth-order valence-corrected chi connectivity index (χ4v) is 3.23. The number of piperidine rings is 1. The van der Waals surface area contributed by atoms with Crippen molar-refractivity contribution in [1.82, 2.24) is 9.88 Å². The number of carbonyl (C=O) groups excluding carboxylic acids is 1. The Morgan fingerprint density at radius 3 is 2.45 bits per heavy atom. The number of benzene rings is 1. The van der Waals surface area contributed by atoms with Crippen LogP contribution in [-0.4, -0.2) is 52.2 Å². The minimum atomic E-state index is -4.44. The fourth-order valence-electron chi connectivity index (χ4n) is 3.23. The molecule has 0 aliphatic carbocycles. The summed E-state index contributed by atoms with van der Waals surface area (Å²) in [5, 5.41) is 18.8. The fraction of sp³-hybridized carbons (Fsp3) is 0.368. The molecule has 0 radical (unpaired) electrons. The van der Waals surface area contributed by atoms with Crippen LogP contribution in [0.25, 0.3) is 0 Å². The van der Waals surface area contributed by atoms with Gasteiger partial charge in [-0.15, -0.1) is 0 Å². The van der Waals surface area contributed by atoms with Crippen LogP contribution in [0.1, 0.15) is 24.0 Å². The van der Waals surface area contributed by atoms with Crippen LogP contribution in [0.3, 0.4) is 0 Å². The summed E-state index contributed by atoms with van der Waals surface area (Å²) in [7, 11) is -1.64. The summed E-state index contributed by atoms with van der Waals surface area (Å²) in [6.07, 6.45) is -2.84. The van der Waals surface area contributed by atoms with Crippen LogP contribution < -0.4 is 10.2 Å². The van der Waals surface area contributed by atoms with Gasteiger partial charge >= 0.3 is 13.3 Å². The van der Waals surface area contributed by atoms with Gasteiger partial charge in [-0.3, -0.25) is 4.79 Å². The van der Waals surface area contributed by atoms with Crippen molar-refractivity contribution in [3.63, 3.8) is 0 Å². The standard InChI is InChI=1S/C19H20BF3N2O4/c21-19(22,23)14-5-6-17(24-12-14)29-15-7-9-25(10-8-15)18(26)11-13-3-1-2-4-16(13)20(27)28/h1-6,12,15,27-28H,7-11H2. The highest BCUT2D eigenvalue weighted by atomic mass is 19.4. The molecule has 2 heterocycles. The summed E-state index contributed by atoms with van der Waals surface area (Å²) >= 11 is 0. The highest BCUT2D eigenvalue weighted by molar-refractivity contribution is 6.59. The summed E-state index contributed by atoms with van der Waals surface area (Å²) in [5.74, 6) is -0.0159. The largest absolute Gasteiger partial charge is 0.488 e. The zero-order valence-electron chi connectivity index (χ0n) is 15.5. The third-order valence-electron chi connectivity index (χ3n) is 4.82. The van der Waals surface area contributed by atoms with Crippen LogP contribution in [0.15, 0.2) is 42.6 Å². The molecular formula is C19H20BF3N2O4. The number of aromatic nitrogens is 1. The Morgan fingerprint density at radius 1 is 1.17 bits per heavy atom. The van der Waals surface area contributed by atoms with Crippen molar-refractivity contribution in [1.29, 1.82) is 0 Å². The normalized spacial score (nSPS) is 15.3. The number of rotatable bonds is 5. The number of hydrogen-bond acceptors (Lipinski definition) is 5. The highest BCUT2D eigenvalue weighted by Gasteiger charge is 2.31. The lowest BCUT2D eigenvalue weighted by Crippen LogP contribution is -2.43. The molecule has 154 valence electrons. The lowest BCUT2D eigenvalue weighted by molar-refractivity contribution is -0.137. The quantitative estimate of drug-likeness (QED) is 0.731. The molecule has 2 aromatic rings. The van der Waals surface area contributed by atoms with Gasteiger partial charge in [0.25, 0.3) is 0 Å². The van der Waals surface area contributed by atoms with Crippen molar-refractivity contribution < 1.29 is 32.8 Å². The molecule has 10 heteroatoms. The summed E-state index contributed by atoms with van der Waals surface area (Å²) in [4.78, 5) is 17.9. The van der Waals surface area contributed by atoms with Crippen LogP contribution in [0, 0.1) is 0 Å². The molecule has 1 amide bonds. The molecular weight excluding hydrogens is 388 g/mol. The van der Waals surface area contributed by atoms with Crippen LogP contribution >= 0.6 is 0 Å². The zero-order chi connectivity index (χ0) is 21.0. The first-order valence-electron chi connectivity index (χ1n) is 9.15. The number of likely N-dealkylation sites (tertiary alicyclic amines) is 1. The van der Waals surface area contributed by atoms with E-state index >= 15 is 0 Å². The Balaban J connectivity index is 1.52. The first kappa shape index (κ1) is 21.1. The second-order valence-corrected chi connectivity index (χ2v) is 6.83. The predicted molar refractivity (Wildman–Crippen MR) is 99.4 cm³/mol. The van der Waals surface area contributed by atoms with Crippen LogP contribution in [0.4, 0.5) is 13.2 Å². The predicted octanol–water partition coefficient (Wildman–Crippen LogP) is 1.39. The van der Waals surface area contributed by atoms with Gasteiger partial charge in [-0.1, -0.05) is 24.3 Å². The Bertz CT molecular complexity index is 838.